The van der Waals surface area contributed by atoms with Crippen molar-refractivity contribution in [1.82, 2.24) is 4.98 Å². The van der Waals surface area contributed by atoms with E-state index in [-0.39, 0.29) is 22.2 Å². The Morgan fingerprint density at radius 1 is 1.33 bits per heavy atom. The molecule has 0 bridgehead atoms. The van der Waals surface area contributed by atoms with Crippen LogP contribution < -0.4 is 0 Å². The fourth-order valence-corrected chi connectivity index (χ4v) is 1.56. The van der Waals surface area contributed by atoms with Crippen LogP contribution in [0.2, 0.25) is 5.02 Å². The summed E-state index contributed by atoms with van der Waals surface area (Å²) in [6.07, 6.45) is -4.64. The van der Waals surface area contributed by atoms with Crippen molar-refractivity contribution < 1.29 is 22.7 Å². The van der Waals surface area contributed by atoms with Gasteiger partial charge in [-0.15, -0.1) is 0 Å². The zero-order valence-corrected chi connectivity index (χ0v) is 9.80. The minimum atomic E-state index is -4.64. The van der Waals surface area contributed by atoms with E-state index in [1.54, 1.807) is 0 Å². The molecule has 2 aromatic rings. The smallest absolute Gasteiger partial charge is 0.468 e. The number of benzene rings is 1. The molecular weight excluding hydrogens is 271 g/mol. The number of halogens is 4. The Hall–Kier alpha value is -1.69. The lowest BCUT2D eigenvalue weighted by molar-refractivity contribution is -0.157. The molecule has 0 radical (unpaired) electrons. The van der Waals surface area contributed by atoms with Gasteiger partial charge in [-0.25, -0.2) is 4.98 Å². The van der Waals surface area contributed by atoms with Gasteiger partial charge in [-0.2, -0.15) is 13.2 Å². The molecule has 0 saturated carbocycles. The number of aromatic hydroxyl groups is 1. The molecule has 1 heterocycles. The number of phenolic OH excluding ortho intramolecular Hbond substituents is 1. The molecule has 1 aromatic carbocycles. The first-order chi connectivity index (χ1) is 8.29. The van der Waals surface area contributed by atoms with Crippen LogP contribution in [0.5, 0.6) is 5.75 Å². The topological polar surface area (TPSA) is 46.3 Å². The van der Waals surface area contributed by atoms with Gasteiger partial charge in [0.15, 0.2) is 0 Å². The number of alkyl halides is 3. The van der Waals surface area contributed by atoms with E-state index >= 15 is 0 Å². The van der Waals surface area contributed by atoms with Crippen molar-refractivity contribution in [3.05, 3.63) is 34.9 Å². The zero-order chi connectivity index (χ0) is 13.5. The SMILES string of the molecule is Cc1oc(C(F)(F)F)nc1-c1ccc(Cl)c(O)c1. The summed E-state index contributed by atoms with van der Waals surface area (Å²) in [6.45, 7) is 1.36. The van der Waals surface area contributed by atoms with Crippen LogP contribution in [0.25, 0.3) is 11.3 Å². The van der Waals surface area contributed by atoms with Crippen LogP contribution in [0.1, 0.15) is 11.7 Å². The molecule has 0 saturated heterocycles. The second-order valence-electron chi connectivity index (χ2n) is 3.59. The van der Waals surface area contributed by atoms with Gasteiger partial charge in [-0.1, -0.05) is 17.7 Å². The molecular formula is C11H7ClF3NO2. The Morgan fingerprint density at radius 2 is 2.00 bits per heavy atom. The van der Waals surface area contributed by atoms with Gasteiger partial charge in [-0.05, 0) is 19.1 Å². The lowest BCUT2D eigenvalue weighted by atomic mass is 10.1. The predicted molar refractivity (Wildman–Crippen MR) is 58.4 cm³/mol. The molecule has 7 heteroatoms. The fourth-order valence-electron chi connectivity index (χ4n) is 1.45. The first-order valence-electron chi connectivity index (χ1n) is 4.82. The van der Waals surface area contributed by atoms with Crippen molar-refractivity contribution in [1.29, 1.82) is 0 Å². The number of hydrogen-bond acceptors (Lipinski definition) is 3. The second kappa shape index (κ2) is 4.20. The highest BCUT2D eigenvalue weighted by atomic mass is 35.5. The fraction of sp³-hybridized carbons (Fsp3) is 0.182. The summed E-state index contributed by atoms with van der Waals surface area (Å²) in [5, 5.41) is 9.51. The van der Waals surface area contributed by atoms with E-state index in [0.717, 1.165) is 0 Å². The van der Waals surface area contributed by atoms with Gasteiger partial charge in [0.1, 0.15) is 17.2 Å². The van der Waals surface area contributed by atoms with Crippen molar-refractivity contribution in [2.75, 3.05) is 0 Å². The molecule has 96 valence electrons. The van der Waals surface area contributed by atoms with Crippen LogP contribution in [0.3, 0.4) is 0 Å². The number of oxazole rings is 1. The van der Waals surface area contributed by atoms with Crippen LogP contribution in [-0.4, -0.2) is 10.1 Å². The Balaban J connectivity index is 2.51. The van der Waals surface area contributed by atoms with Crippen molar-refractivity contribution in [2.24, 2.45) is 0 Å². The van der Waals surface area contributed by atoms with Gasteiger partial charge in [0.25, 0.3) is 0 Å². The lowest BCUT2D eigenvalue weighted by Crippen LogP contribution is -2.04. The summed E-state index contributed by atoms with van der Waals surface area (Å²) in [6, 6.07) is 4.05. The summed E-state index contributed by atoms with van der Waals surface area (Å²) in [5.74, 6) is -1.53. The molecule has 0 aliphatic heterocycles. The quantitative estimate of drug-likeness (QED) is 0.856. The van der Waals surface area contributed by atoms with E-state index in [0.29, 0.717) is 5.56 Å². The number of phenols is 1. The summed E-state index contributed by atoms with van der Waals surface area (Å²) in [7, 11) is 0. The van der Waals surface area contributed by atoms with Gasteiger partial charge in [0, 0.05) is 5.56 Å². The molecule has 0 aliphatic rings. The Morgan fingerprint density at radius 3 is 2.50 bits per heavy atom. The molecule has 0 atom stereocenters. The Kier molecular flexibility index (Phi) is 2.98. The van der Waals surface area contributed by atoms with Crippen molar-refractivity contribution in [2.45, 2.75) is 13.1 Å². The number of aromatic nitrogens is 1. The maximum Gasteiger partial charge on any atom is 0.468 e. The van der Waals surface area contributed by atoms with Crippen molar-refractivity contribution in [3.8, 4) is 17.0 Å². The number of hydrogen-bond donors (Lipinski definition) is 1. The number of nitrogens with zero attached hydrogens (tertiary/aromatic N) is 1. The minimum Gasteiger partial charge on any atom is -0.506 e. The Bertz CT molecular complexity index is 592. The highest BCUT2D eigenvalue weighted by Gasteiger charge is 2.38. The van der Waals surface area contributed by atoms with Gasteiger partial charge in [0.05, 0.1) is 5.02 Å². The monoisotopic (exact) mass is 277 g/mol. The Labute approximate surface area is 105 Å². The molecule has 0 amide bonds. The van der Waals surface area contributed by atoms with E-state index in [1.807, 2.05) is 0 Å². The van der Waals surface area contributed by atoms with E-state index in [9.17, 15) is 18.3 Å². The third kappa shape index (κ3) is 2.28. The summed E-state index contributed by atoms with van der Waals surface area (Å²) < 4.78 is 41.8. The summed E-state index contributed by atoms with van der Waals surface area (Å²) >= 11 is 5.61. The minimum absolute atomic E-state index is 0.0176. The maximum absolute atomic E-state index is 12.4. The standard InChI is InChI=1S/C11H7ClF3NO2/c1-5-9(16-10(18-5)11(13,14)15)6-2-3-7(12)8(17)4-6/h2-4,17H,1H3. The van der Waals surface area contributed by atoms with Crippen LogP contribution in [0.4, 0.5) is 13.2 Å². The first kappa shape index (κ1) is 12.8. The summed E-state index contributed by atoms with van der Waals surface area (Å²) in [4.78, 5) is 3.38. The predicted octanol–water partition coefficient (Wildman–Crippen LogP) is 4.03. The largest absolute Gasteiger partial charge is 0.506 e. The molecule has 18 heavy (non-hydrogen) atoms. The zero-order valence-electron chi connectivity index (χ0n) is 9.05. The van der Waals surface area contributed by atoms with Gasteiger partial charge in [0.2, 0.25) is 0 Å². The highest BCUT2D eigenvalue weighted by molar-refractivity contribution is 6.32. The average Bonchev–Trinajstić information content (AvgIpc) is 2.64. The van der Waals surface area contributed by atoms with E-state index in [1.165, 1.54) is 25.1 Å². The van der Waals surface area contributed by atoms with E-state index in [4.69, 9.17) is 11.6 Å². The molecule has 1 aromatic heterocycles. The summed E-state index contributed by atoms with van der Waals surface area (Å²) in [5.41, 5.74) is 0.322. The van der Waals surface area contributed by atoms with Gasteiger partial charge < -0.3 is 9.52 Å². The van der Waals surface area contributed by atoms with Crippen LogP contribution in [-0.2, 0) is 6.18 Å². The van der Waals surface area contributed by atoms with Crippen molar-refractivity contribution >= 4 is 11.6 Å². The number of rotatable bonds is 1. The maximum atomic E-state index is 12.4. The third-order valence-electron chi connectivity index (χ3n) is 2.26. The molecule has 0 aliphatic carbocycles. The lowest BCUT2D eigenvalue weighted by Gasteiger charge is -2.00. The third-order valence-corrected chi connectivity index (χ3v) is 2.58. The number of aryl methyl sites for hydroxylation is 1. The average molecular weight is 278 g/mol. The molecule has 3 nitrogen and oxygen atoms in total. The highest BCUT2D eigenvalue weighted by Crippen LogP contribution is 2.35. The molecule has 0 fully saturated rings. The molecule has 2 rings (SSSR count). The van der Waals surface area contributed by atoms with Gasteiger partial charge in [-0.3, -0.25) is 0 Å². The van der Waals surface area contributed by atoms with E-state index < -0.39 is 12.1 Å². The van der Waals surface area contributed by atoms with Gasteiger partial charge >= 0.3 is 12.1 Å². The molecule has 0 unspecified atom stereocenters. The first-order valence-corrected chi connectivity index (χ1v) is 5.20. The molecule has 1 N–H and O–H groups in total. The van der Waals surface area contributed by atoms with Crippen LogP contribution >= 0.6 is 11.6 Å². The molecule has 0 spiro atoms. The normalized spacial score (nSPS) is 11.8. The van der Waals surface area contributed by atoms with Crippen LogP contribution in [0.15, 0.2) is 22.6 Å². The second-order valence-corrected chi connectivity index (χ2v) is 3.99. The van der Waals surface area contributed by atoms with Crippen molar-refractivity contribution in [3.63, 3.8) is 0 Å². The van der Waals surface area contributed by atoms with Crippen LogP contribution in [0, 0.1) is 6.92 Å². The van der Waals surface area contributed by atoms with E-state index in [2.05, 4.69) is 9.40 Å².